The molecule has 1 aromatic carbocycles. The van der Waals surface area contributed by atoms with Gasteiger partial charge in [0.1, 0.15) is 17.3 Å². The van der Waals surface area contributed by atoms with E-state index in [1.54, 1.807) is 6.07 Å². The van der Waals surface area contributed by atoms with Gasteiger partial charge in [0, 0.05) is 22.9 Å². The highest BCUT2D eigenvalue weighted by Gasteiger charge is 2.25. The van der Waals surface area contributed by atoms with E-state index in [4.69, 9.17) is 10.7 Å². The molecule has 1 amide bonds. The average Bonchev–Trinajstić information content (AvgIpc) is 3.09. The zero-order valence-electron chi connectivity index (χ0n) is 10.8. The quantitative estimate of drug-likeness (QED) is 0.872. The summed E-state index contributed by atoms with van der Waals surface area (Å²) < 4.78 is 38.4. The lowest BCUT2D eigenvalue weighted by molar-refractivity contribution is -0.121. The summed E-state index contributed by atoms with van der Waals surface area (Å²) in [7, 11) is 1.25. The molecule has 0 unspecified atom stereocenters. The molecule has 0 atom stereocenters. The molecule has 0 aliphatic heterocycles. The van der Waals surface area contributed by atoms with E-state index in [1.165, 1.54) is 16.8 Å². The van der Waals surface area contributed by atoms with E-state index in [0.29, 0.717) is 5.52 Å². The van der Waals surface area contributed by atoms with Gasteiger partial charge in [-0.05, 0) is 25.0 Å². The molecule has 21 heavy (non-hydrogen) atoms. The first-order valence-corrected chi connectivity index (χ1v) is 8.68. The van der Waals surface area contributed by atoms with Gasteiger partial charge in [0.25, 0.3) is 9.05 Å². The van der Waals surface area contributed by atoms with Gasteiger partial charge in [0.15, 0.2) is 0 Å². The molecule has 2 aromatic rings. The van der Waals surface area contributed by atoms with E-state index in [0.717, 1.165) is 18.9 Å². The molecule has 1 aliphatic rings. The standard InChI is InChI=1S/C13H12ClFN2O3S/c14-21(19,20)11-6-17(7-12(18)16-8-4-5-8)10-3-1-2-9(15)13(10)11/h1-3,6,8H,4-5,7H2,(H,16,18). The predicted molar refractivity (Wildman–Crippen MR) is 76.1 cm³/mol. The Labute approximate surface area is 125 Å². The Morgan fingerprint density at radius 1 is 1.43 bits per heavy atom. The fourth-order valence-electron chi connectivity index (χ4n) is 2.24. The molecule has 0 bridgehead atoms. The number of hydrogen-bond donors (Lipinski definition) is 1. The minimum atomic E-state index is -4.10. The summed E-state index contributed by atoms with van der Waals surface area (Å²) in [5.41, 5.74) is 0.320. The summed E-state index contributed by atoms with van der Waals surface area (Å²) in [5, 5.41) is 2.70. The number of fused-ring (bicyclic) bond motifs is 1. The maximum Gasteiger partial charge on any atom is 0.263 e. The number of halogens is 2. The van der Waals surface area contributed by atoms with Crippen molar-refractivity contribution in [3.63, 3.8) is 0 Å². The second-order valence-electron chi connectivity index (χ2n) is 5.03. The van der Waals surface area contributed by atoms with Crippen LogP contribution in [0.15, 0.2) is 29.3 Å². The number of carbonyl (C=O) groups is 1. The summed E-state index contributed by atoms with van der Waals surface area (Å²) >= 11 is 0. The van der Waals surface area contributed by atoms with E-state index < -0.39 is 14.9 Å². The van der Waals surface area contributed by atoms with Crippen LogP contribution in [0.1, 0.15) is 12.8 Å². The molecule has 5 nitrogen and oxygen atoms in total. The van der Waals surface area contributed by atoms with Crippen LogP contribution in [0.25, 0.3) is 10.9 Å². The summed E-state index contributed by atoms with van der Waals surface area (Å²) in [6, 6.07) is 4.36. The van der Waals surface area contributed by atoms with Crippen molar-refractivity contribution in [3.05, 3.63) is 30.2 Å². The molecule has 1 aromatic heterocycles. The smallest absolute Gasteiger partial charge is 0.263 e. The van der Waals surface area contributed by atoms with Gasteiger partial charge in [0.2, 0.25) is 5.91 Å². The molecule has 1 saturated carbocycles. The van der Waals surface area contributed by atoms with Crippen molar-refractivity contribution in [3.8, 4) is 0 Å². The van der Waals surface area contributed by atoms with E-state index in [2.05, 4.69) is 5.32 Å². The fraction of sp³-hybridized carbons (Fsp3) is 0.308. The summed E-state index contributed by atoms with van der Waals surface area (Å²) in [6.07, 6.45) is 3.10. The Kier molecular flexibility index (Phi) is 3.41. The number of nitrogens with one attached hydrogen (secondary N) is 1. The molecule has 0 spiro atoms. The van der Waals surface area contributed by atoms with Crippen LogP contribution in [0.5, 0.6) is 0 Å². The Balaban J connectivity index is 2.06. The average molecular weight is 331 g/mol. The normalized spacial score (nSPS) is 15.3. The van der Waals surface area contributed by atoms with Gasteiger partial charge in [-0.1, -0.05) is 6.07 Å². The topological polar surface area (TPSA) is 68.2 Å². The van der Waals surface area contributed by atoms with Crippen molar-refractivity contribution < 1.29 is 17.6 Å². The minimum absolute atomic E-state index is 0.0805. The Hall–Kier alpha value is -1.60. The first-order valence-electron chi connectivity index (χ1n) is 6.37. The number of rotatable bonds is 4. The van der Waals surface area contributed by atoms with Crippen LogP contribution in [0, 0.1) is 5.82 Å². The molecular formula is C13H12ClFN2O3S. The van der Waals surface area contributed by atoms with Gasteiger partial charge >= 0.3 is 0 Å². The van der Waals surface area contributed by atoms with Crippen LogP contribution in [-0.4, -0.2) is 24.9 Å². The molecular weight excluding hydrogens is 319 g/mol. The molecule has 1 fully saturated rings. The number of aromatic nitrogens is 1. The lowest BCUT2D eigenvalue weighted by Crippen LogP contribution is -2.29. The minimum Gasteiger partial charge on any atom is -0.352 e. The Morgan fingerprint density at radius 3 is 2.76 bits per heavy atom. The third-order valence-corrected chi connectivity index (χ3v) is 4.67. The van der Waals surface area contributed by atoms with Gasteiger partial charge in [-0.2, -0.15) is 0 Å². The number of hydrogen-bond acceptors (Lipinski definition) is 3. The van der Waals surface area contributed by atoms with Gasteiger partial charge in [-0.3, -0.25) is 4.79 Å². The molecule has 1 N–H and O–H groups in total. The third-order valence-electron chi connectivity index (χ3n) is 3.34. The van der Waals surface area contributed by atoms with Crippen LogP contribution in [0.4, 0.5) is 4.39 Å². The maximum absolute atomic E-state index is 13.9. The molecule has 0 radical (unpaired) electrons. The first-order chi connectivity index (χ1) is 9.86. The molecule has 1 aliphatic carbocycles. The van der Waals surface area contributed by atoms with Crippen molar-refractivity contribution in [2.45, 2.75) is 30.3 Å². The Morgan fingerprint density at radius 2 is 2.14 bits per heavy atom. The van der Waals surface area contributed by atoms with Crippen molar-refractivity contribution in [1.29, 1.82) is 0 Å². The van der Waals surface area contributed by atoms with Gasteiger partial charge in [-0.15, -0.1) is 0 Å². The first kappa shape index (κ1) is 14.3. The van der Waals surface area contributed by atoms with E-state index in [9.17, 15) is 17.6 Å². The lowest BCUT2D eigenvalue weighted by Gasteiger charge is -2.06. The summed E-state index contributed by atoms with van der Waals surface area (Å²) in [5.74, 6) is -0.926. The second kappa shape index (κ2) is 4.99. The molecule has 1 heterocycles. The molecule has 112 valence electrons. The van der Waals surface area contributed by atoms with Gasteiger partial charge < -0.3 is 9.88 Å². The molecule has 3 rings (SSSR count). The van der Waals surface area contributed by atoms with E-state index in [1.807, 2.05) is 0 Å². The number of benzene rings is 1. The maximum atomic E-state index is 13.9. The number of carbonyl (C=O) groups excluding carboxylic acids is 1. The predicted octanol–water partition coefficient (Wildman–Crippen LogP) is 1.99. The zero-order chi connectivity index (χ0) is 15.2. The van der Waals surface area contributed by atoms with Crippen molar-refractivity contribution >= 4 is 36.5 Å². The van der Waals surface area contributed by atoms with Gasteiger partial charge in [0.05, 0.1) is 10.9 Å². The van der Waals surface area contributed by atoms with E-state index >= 15 is 0 Å². The van der Waals surface area contributed by atoms with Crippen LogP contribution in [0.3, 0.4) is 0 Å². The van der Waals surface area contributed by atoms with Crippen LogP contribution in [0.2, 0.25) is 0 Å². The summed E-state index contributed by atoms with van der Waals surface area (Å²) in [4.78, 5) is 11.5. The number of amides is 1. The number of nitrogens with zero attached hydrogens (tertiary/aromatic N) is 1. The highest BCUT2D eigenvalue weighted by Crippen LogP contribution is 2.30. The highest BCUT2D eigenvalue weighted by atomic mass is 35.7. The van der Waals surface area contributed by atoms with Crippen LogP contribution < -0.4 is 5.32 Å². The fourth-order valence-corrected chi connectivity index (χ4v) is 3.29. The lowest BCUT2D eigenvalue weighted by atomic mass is 10.2. The van der Waals surface area contributed by atoms with Crippen LogP contribution in [-0.2, 0) is 20.4 Å². The SMILES string of the molecule is O=C(Cn1cc(S(=O)(=O)Cl)c2c(F)cccc21)NC1CC1. The van der Waals surface area contributed by atoms with Gasteiger partial charge in [-0.25, -0.2) is 12.8 Å². The largest absolute Gasteiger partial charge is 0.352 e. The second-order valence-corrected chi connectivity index (χ2v) is 7.57. The van der Waals surface area contributed by atoms with E-state index in [-0.39, 0.29) is 28.8 Å². The zero-order valence-corrected chi connectivity index (χ0v) is 12.4. The highest BCUT2D eigenvalue weighted by molar-refractivity contribution is 8.14. The van der Waals surface area contributed by atoms with Crippen molar-refractivity contribution in [2.24, 2.45) is 0 Å². The third kappa shape index (κ3) is 2.89. The Bertz CT molecular complexity index is 827. The summed E-state index contributed by atoms with van der Waals surface area (Å²) in [6.45, 7) is -0.0805. The molecule has 8 heteroatoms. The van der Waals surface area contributed by atoms with Crippen molar-refractivity contribution in [1.82, 2.24) is 9.88 Å². The monoisotopic (exact) mass is 330 g/mol. The van der Waals surface area contributed by atoms with Crippen molar-refractivity contribution in [2.75, 3.05) is 0 Å². The molecule has 0 saturated heterocycles. The van der Waals surface area contributed by atoms with Crippen LogP contribution >= 0.6 is 10.7 Å².